The summed E-state index contributed by atoms with van der Waals surface area (Å²) in [6.45, 7) is 1.73. The van der Waals surface area contributed by atoms with Crippen molar-refractivity contribution in [3.63, 3.8) is 0 Å². The maximum atomic E-state index is 12.4. The second kappa shape index (κ2) is 7.88. The number of rotatable bonds is 5. The van der Waals surface area contributed by atoms with E-state index < -0.39 is 11.9 Å². The molecule has 24 heavy (non-hydrogen) atoms. The van der Waals surface area contributed by atoms with Crippen LogP contribution >= 0.6 is 34.8 Å². The van der Waals surface area contributed by atoms with Crippen molar-refractivity contribution in [1.29, 1.82) is 0 Å². The third-order valence-corrected chi connectivity index (χ3v) is 4.28. The van der Waals surface area contributed by atoms with Crippen molar-refractivity contribution in [2.75, 3.05) is 5.32 Å². The minimum atomic E-state index is -1.14. The Balaban J connectivity index is 2.14. The van der Waals surface area contributed by atoms with Gasteiger partial charge >= 0.3 is 5.97 Å². The van der Waals surface area contributed by atoms with Crippen LogP contribution in [0, 0.1) is 5.92 Å². The molecule has 0 spiro atoms. The molecule has 0 radical (unpaired) electrons. The molecule has 0 saturated heterocycles. The molecule has 126 valence electrons. The summed E-state index contributed by atoms with van der Waals surface area (Å²) in [4.78, 5) is 23.6. The SMILES string of the molecule is CC(Cc1ccc(Cl)cc1Cl)C(=O)Nc1cc(Cl)ccc1C(=O)O. The number of carbonyl (C=O) groups excluding carboxylic acids is 1. The van der Waals surface area contributed by atoms with Crippen molar-refractivity contribution in [1.82, 2.24) is 0 Å². The molecule has 4 nitrogen and oxygen atoms in total. The molecule has 0 aliphatic heterocycles. The number of amides is 1. The summed E-state index contributed by atoms with van der Waals surface area (Å²) in [5.74, 6) is -1.90. The van der Waals surface area contributed by atoms with E-state index in [1.165, 1.54) is 18.2 Å². The lowest BCUT2D eigenvalue weighted by molar-refractivity contribution is -0.119. The normalized spacial score (nSPS) is 11.8. The molecule has 2 N–H and O–H groups in total. The summed E-state index contributed by atoms with van der Waals surface area (Å²) in [6, 6.07) is 9.29. The van der Waals surface area contributed by atoms with Gasteiger partial charge in [-0.05, 0) is 42.3 Å². The molecule has 1 amide bonds. The number of aromatic carboxylic acids is 1. The molecule has 7 heteroatoms. The van der Waals surface area contributed by atoms with Gasteiger partial charge in [0.25, 0.3) is 0 Å². The zero-order chi connectivity index (χ0) is 17.9. The van der Waals surface area contributed by atoms with E-state index in [9.17, 15) is 14.7 Å². The third-order valence-electron chi connectivity index (χ3n) is 3.46. The average Bonchev–Trinajstić information content (AvgIpc) is 2.49. The lowest BCUT2D eigenvalue weighted by Crippen LogP contribution is -2.23. The van der Waals surface area contributed by atoms with E-state index in [-0.39, 0.29) is 17.2 Å². The Morgan fingerprint density at radius 2 is 1.71 bits per heavy atom. The van der Waals surface area contributed by atoms with E-state index in [1.54, 1.807) is 25.1 Å². The molecule has 0 heterocycles. The molecular formula is C17H14Cl3NO3. The van der Waals surface area contributed by atoms with Crippen LogP contribution in [0.3, 0.4) is 0 Å². The number of carboxylic acids is 1. The van der Waals surface area contributed by atoms with E-state index in [0.717, 1.165) is 5.56 Å². The second-order valence-corrected chi connectivity index (χ2v) is 6.61. The molecule has 2 rings (SSSR count). The molecule has 1 unspecified atom stereocenters. The highest BCUT2D eigenvalue weighted by atomic mass is 35.5. The van der Waals surface area contributed by atoms with Gasteiger partial charge in [-0.2, -0.15) is 0 Å². The molecule has 1 atom stereocenters. The Morgan fingerprint density at radius 3 is 2.33 bits per heavy atom. The Labute approximate surface area is 154 Å². The number of hydrogen-bond donors (Lipinski definition) is 2. The first-order valence-corrected chi connectivity index (χ1v) is 8.19. The largest absolute Gasteiger partial charge is 0.478 e. The lowest BCUT2D eigenvalue weighted by atomic mass is 10.00. The fourth-order valence-electron chi connectivity index (χ4n) is 2.17. The van der Waals surface area contributed by atoms with Crippen molar-refractivity contribution in [3.8, 4) is 0 Å². The van der Waals surface area contributed by atoms with Gasteiger partial charge in [-0.3, -0.25) is 4.79 Å². The zero-order valence-electron chi connectivity index (χ0n) is 12.6. The number of carboxylic acid groups (broad SMARTS) is 1. The van der Waals surface area contributed by atoms with Crippen molar-refractivity contribution in [2.24, 2.45) is 5.92 Å². The van der Waals surface area contributed by atoms with Gasteiger partial charge in [0, 0.05) is 21.0 Å². The topological polar surface area (TPSA) is 66.4 Å². The first-order chi connectivity index (χ1) is 11.3. The minimum absolute atomic E-state index is 0.0236. The van der Waals surface area contributed by atoms with Crippen LogP contribution in [0.2, 0.25) is 15.1 Å². The van der Waals surface area contributed by atoms with Crippen molar-refractivity contribution >= 4 is 52.4 Å². The third kappa shape index (κ3) is 4.63. The van der Waals surface area contributed by atoms with Crippen LogP contribution in [0.25, 0.3) is 0 Å². The summed E-state index contributed by atoms with van der Waals surface area (Å²) in [5, 5.41) is 13.1. The standard InChI is InChI=1S/C17H14Cl3NO3/c1-9(6-10-2-3-11(18)7-14(10)20)16(22)21-15-8-12(19)4-5-13(15)17(23)24/h2-5,7-9H,6H2,1H3,(H,21,22)(H,23,24). The summed E-state index contributed by atoms with van der Waals surface area (Å²) >= 11 is 17.8. The average molecular weight is 387 g/mol. The number of nitrogens with one attached hydrogen (secondary N) is 1. The van der Waals surface area contributed by atoms with Gasteiger partial charge in [-0.25, -0.2) is 4.79 Å². The minimum Gasteiger partial charge on any atom is -0.478 e. The molecule has 0 fully saturated rings. The summed E-state index contributed by atoms with van der Waals surface area (Å²) in [6.07, 6.45) is 0.394. The zero-order valence-corrected chi connectivity index (χ0v) is 14.9. The molecule has 0 aliphatic rings. The van der Waals surface area contributed by atoms with E-state index in [2.05, 4.69) is 5.32 Å². The summed E-state index contributed by atoms with van der Waals surface area (Å²) in [7, 11) is 0. The number of hydrogen-bond acceptors (Lipinski definition) is 2. The maximum Gasteiger partial charge on any atom is 0.337 e. The Kier molecular flexibility index (Phi) is 6.10. The number of benzene rings is 2. The van der Waals surface area contributed by atoms with Crippen LogP contribution < -0.4 is 5.32 Å². The lowest BCUT2D eigenvalue weighted by Gasteiger charge is -2.15. The monoisotopic (exact) mass is 385 g/mol. The maximum absolute atomic E-state index is 12.4. The smallest absolute Gasteiger partial charge is 0.337 e. The van der Waals surface area contributed by atoms with Crippen molar-refractivity contribution in [3.05, 3.63) is 62.6 Å². The highest BCUT2D eigenvalue weighted by Gasteiger charge is 2.18. The van der Waals surface area contributed by atoms with Gasteiger partial charge in [0.15, 0.2) is 0 Å². The Hall–Kier alpha value is -1.75. The highest BCUT2D eigenvalue weighted by Crippen LogP contribution is 2.25. The van der Waals surface area contributed by atoms with Crippen molar-refractivity contribution < 1.29 is 14.7 Å². The summed E-state index contributed by atoms with van der Waals surface area (Å²) in [5.41, 5.74) is 0.923. The predicted octanol–water partition coefficient (Wildman–Crippen LogP) is 5.16. The Morgan fingerprint density at radius 1 is 1.08 bits per heavy atom. The quantitative estimate of drug-likeness (QED) is 0.745. The van der Waals surface area contributed by atoms with E-state index in [4.69, 9.17) is 34.8 Å². The van der Waals surface area contributed by atoms with Gasteiger partial charge < -0.3 is 10.4 Å². The van der Waals surface area contributed by atoms with Crippen LogP contribution in [0.5, 0.6) is 0 Å². The molecule has 2 aromatic rings. The Bertz CT molecular complexity index is 793. The van der Waals surface area contributed by atoms with Crippen LogP contribution in [0.4, 0.5) is 5.69 Å². The molecule has 0 aliphatic carbocycles. The van der Waals surface area contributed by atoms with Crippen LogP contribution in [0.15, 0.2) is 36.4 Å². The van der Waals surface area contributed by atoms with Crippen LogP contribution in [-0.2, 0) is 11.2 Å². The summed E-state index contributed by atoms with van der Waals surface area (Å²) < 4.78 is 0. The first-order valence-electron chi connectivity index (χ1n) is 7.05. The fourth-order valence-corrected chi connectivity index (χ4v) is 2.83. The van der Waals surface area contributed by atoms with E-state index in [1.807, 2.05) is 0 Å². The van der Waals surface area contributed by atoms with Crippen LogP contribution in [-0.4, -0.2) is 17.0 Å². The van der Waals surface area contributed by atoms with Gasteiger partial charge in [-0.15, -0.1) is 0 Å². The molecule has 2 aromatic carbocycles. The van der Waals surface area contributed by atoms with E-state index >= 15 is 0 Å². The number of anilines is 1. The van der Waals surface area contributed by atoms with E-state index in [0.29, 0.717) is 21.5 Å². The van der Waals surface area contributed by atoms with Crippen LogP contribution in [0.1, 0.15) is 22.8 Å². The molecule has 0 aromatic heterocycles. The van der Waals surface area contributed by atoms with Gasteiger partial charge in [0.1, 0.15) is 0 Å². The molecular weight excluding hydrogens is 373 g/mol. The fraction of sp³-hybridized carbons (Fsp3) is 0.176. The molecule has 0 bridgehead atoms. The van der Waals surface area contributed by atoms with Gasteiger partial charge in [0.05, 0.1) is 11.3 Å². The number of halogens is 3. The second-order valence-electron chi connectivity index (χ2n) is 5.33. The molecule has 0 saturated carbocycles. The predicted molar refractivity (Wildman–Crippen MR) is 96.4 cm³/mol. The van der Waals surface area contributed by atoms with Gasteiger partial charge in [0.2, 0.25) is 5.91 Å². The van der Waals surface area contributed by atoms with Crippen molar-refractivity contribution in [2.45, 2.75) is 13.3 Å². The number of carbonyl (C=O) groups is 2. The highest BCUT2D eigenvalue weighted by molar-refractivity contribution is 6.35. The first kappa shape index (κ1) is 18.6. The van der Waals surface area contributed by atoms with Gasteiger partial charge in [-0.1, -0.05) is 47.8 Å².